The molecule has 0 spiro atoms. The number of nitrogens with zero attached hydrogens (tertiary/aromatic N) is 3. The van der Waals surface area contributed by atoms with Crippen molar-refractivity contribution in [1.29, 1.82) is 0 Å². The van der Waals surface area contributed by atoms with Crippen molar-refractivity contribution in [2.75, 3.05) is 44.4 Å². The lowest BCUT2D eigenvalue weighted by atomic mass is 10.1. The quantitative estimate of drug-likeness (QED) is 0.755. The van der Waals surface area contributed by atoms with Gasteiger partial charge in [0.15, 0.2) is 0 Å². The van der Waals surface area contributed by atoms with E-state index in [1.165, 1.54) is 0 Å². The molecule has 0 unspecified atom stereocenters. The maximum absolute atomic E-state index is 4.48. The molecule has 0 atom stereocenters. The SMILES string of the molecule is Cc1cc(NCCC(C)C)nc(NCCN(C)C)n1. The molecular weight excluding hydrogens is 238 g/mol. The fourth-order valence-corrected chi connectivity index (χ4v) is 1.62. The fraction of sp³-hybridized carbons (Fsp3) is 0.714. The third kappa shape index (κ3) is 6.96. The molecule has 0 radical (unpaired) electrons. The molecule has 5 heteroatoms. The topological polar surface area (TPSA) is 53.1 Å². The Kier molecular flexibility index (Phi) is 6.56. The first-order valence-electron chi connectivity index (χ1n) is 6.95. The first-order chi connectivity index (χ1) is 8.97. The van der Waals surface area contributed by atoms with E-state index in [-0.39, 0.29) is 0 Å². The van der Waals surface area contributed by atoms with Crippen LogP contribution in [0.4, 0.5) is 11.8 Å². The molecule has 1 aromatic heterocycles. The third-order valence-electron chi connectivity index (χ3n) is 2.72. The number of hydrogen-bond acceptors (Lipinski definition) is 5. The highest BCUT2D eigenvalue weighted by Gasteiger charge is 2.02. The average Bonchev–Trinajstić information content (AvgIpc) is 2.27. The smallest absolute Gasteiger partial charge is 0.224 e. The summed E-state index contributed by atoms with van der Waals surface area (Å²) in [7, 11) is 4.11. The van der Waals surface area contributed by atoms with E-state index in [1.54, 1.807) is 0 Å². The molecule has 19 heavy (non-hydrogen) atoms. The Balaban J connectivity index is 2.51. The van der Waals surface area contributed by atoms with Crippen molar-refractivity contribution in [2.24, 2.45) is 5.92 Å². The van der Waals surface area contributed by atoms with E-state index in [2.05, 4.69) is 53.4 Å². The minimum Gasteiger partial charge on any atom is -0.370 e. The zero-order valence-electron chi connectivity index (χ0n) is 12.8. The van der Waals surface area contributed by atoms with Crippen LogP contribution in [-0.4, -0.2) is 48.6 Å². The number of hydrogen-bond donors (Lipinski definition) is 2. The first kappa shape index (κ1) is 15.7. The molecule has 0 aliphatic heterocycles. The summed E-state index contributed by atoms with van der Waals surface area (Å²) in [4.78, 5) is 11.0. The molecule has 0 aliphatic carbocycles. The van der Waals surface area contributed by atoms with E-state index < -0.39 is 0 Å². The van der Waals surface area contributed by atoms with Crippen LogP contribution in [0.1, 0.15) is 26.0 Å². The molecule has 0 amide bonds. The summed E-state index contributed by atoms with van der Waals surface area (Å²) < 4.78 is 0. The molecule has 2 N–H and O–H groups in total. The number of aryl methyl sites for hydroxylation is 1. The van der Waals surface area contributed by atoms with Gasteiger partial charge in [0.2, 0.25) is 5.95 Å². The van der Waals surface area contributed by atoms with Crippen LogP contribution in [-0.2, 0) is 0 Å². The Hall–Kier alpha value is -1.36. The molecule has 0 fully saturated rings. The summed E-state index contributed by atoms with van der Waals surface area (Å²) in [5, 5.41) is 6.61. The molecule has 5 nitrogen and oxygen atoms in total. The van der Waals surface area contributed by atoms with E-state index in [0.29, 0.717) is 11.9 Å². The van der Waals surface area contributed by atoms with Crippen molar-refractivity contribution >= 4 is 11.8 Å². The Morgan fingerprint density at radius 2 is 1.89 bits per heavy atom. The lowest BCUT2D eigenvalue weighted by Crippen LogP contribution is -2.21. The van der Waals surface area contributed by atoms with Gasteiger partial charge in [-0.2, -0.15) is 4.98 Å². The van der Waals surface area contributed by atoms with E-state index in [0.717, 1.165) is 37.6 Å². The molecule has 1 aromatic rings. The van der Waals surface area contributed by atoms with Crippen LogP contribution in [0.3, 0.4) is 0 Å². The highest BCUT2D eigenvalue weighted by Crippen LogP contribution is 2.10. The van der Waals surface area contributed by atoms with Gasteiger partial charge in [0.25, 0.3) is 0 Å². The van der Waals surface area contributed by atoms with Gasteiger partial charge in [-0.25, -0.2) is 4.98 Å². The van der Waals surface area contributed by atoms with Gasteiger partial charge >= 0.3 is 0 Å². The van der Waals surface area contributed by atoms with Crippen LogP contribution < -0.4 is 10.6 Å². The van der Waals surface area contributed by atoms with Crippen LogP contribution in [0.25, 0.3) is 0 Å². The molecule has 0 aliphatic rings. The van der Waals surface area contributed by atoms with Crippen molar-refractivity contribution in [1.82, 2.24) is 14.9 Å². The average molecular weight is 265 g/mol. The van der Waals surface area contributed by atoms with Crippen molar-refractivity contribution < 1.29 is 0 Å². The van der Waals surface area contributed by atoms with E-state index in [1.807, 2.05) is 13.0 Å². The van der Waals surface area contributed by atoms with Crippen molar-refractivity contribution in [3.8, 4) is 0 Å². The Morgan fingerprint density at radius 1 is 1.16 bits per heavy atom. The van der Waals surface area contributed by atoms with Gasteiger partial charge in [0, 0.05) is 31.4 Å². The molecule has 0 aromatic carbocycles. The predicted molar refractivity (Wildman–Crippen MR) is 81.8 cm³/mol. The van der Waals surface area contributed by atoms with E-state index >= 15 is 0 Å². The molecule has 0 bridgehead atoms. The number of aromatic nitrogens is 2. The van der Waals surface area contributed by atoms with Gasteiger partial charge in [-0.1, -0.05) is 13.8 Å². The van der Waals surface area contributed by atoms with Gasteiger partial charge < -0.3 is 15.5 Å². The van der Waals surface area contributed by atoms with E-state index in [9.17, 15) is 0 Å². The minimum absolute atomic E-state index is 0.702. The number of nitrogens with one attached hydrogen (secondary N) is 2. The summed E-state index contributed by atoms with van der Waals surface area (Å²) in [6.45, 7) is 9.20. The van der Waals surface area contributed by atoms with Crippen LogP contribution in [0.2, 0.25) is 0 Å². The largest absolute Gasteiger partial charge is 0.370 e. The van der Waals surface area contributed by atoms with Crippen molar-refractivity contribution in [3.05, 3.63) is 11.8 Å². The van der Waals surface area contributed by atoms with Crippen LogP contribution >= 0.6 is 0 Å². The summed E-state index contributed by atoms with van der Waals surface area (Å²) in [5.74, 6) is 2.31. The molecule has 1 heterocycles. The fourth-order valence-electron chi connectivity index (χ4n) is 1.62. The Labute approximate surface area is 116 Å². The minimum atomic E-state index is 0.702. The van der Waals surface area contributed by atoms with Crippen LogP contribution in [0.15, 0.2) is 6.07 Å². The predicted octanol–water partition coefficient (Wildman–Crippen LogP) is 2.22. The maximum atomic E-state index is 4.48. The first-order valence-corrected chi connectivity index (χ1v) is 6.95. The zero-order valence-corrected chi connectivity index (χ0v) is 12.8. The number of likely N-dealkylation sites (N-methyl/N-ethyl adjacent to an activating group) is 1. The zero-order chi connectivity index (χ0) is 14.3. The third-order valence-corrected chi connectivity index (χ3v) is 2.72. The van der Waals surface area contributed by atoms with Gasteiger partial charge in [-0.05, 0) is 33.4 Å². The number of anilines is 2. The van der Waals surface area contributed by atoms with Gasteiger partial charge in [-0.3, -0.25) is 0 Å². The monoisotopic (exact) mass is 265 g/mol. The van der Waals surface area contributed by atoms with Crippen LogP contribution in [0.5, 0.6) is 0 Å². The lowest BCUT2D eigenvalue weighted by molar-refractivity contribution is 0.425. The molecular formula is C14H27N5. The molecule has 108 valence electrons. The number of rotatable bonds is 8. The highest BCUT2D eigenvalue weighted by atomic mass is 15.2. The van der Waals surface area contributed by atoms with E-state index in [4.69, 9.17) is 0 Å². The second-order valence-corrected chi connectivity index (χ2v) is 5.56. The van der Waals surface area contributed by atoms with Gasteiger partial charge in [0.05, 0.1) is 0 Å². The molecule has 0 saturated heterocycles. The summed E-state index contributed by atoms with van der Waals surface area (Å²) >= 11 is 0. The second kappa shape index (κ2) is 7.94. The summed E-state index contributed by atoms with van der Waals surface area (Å²) in [5.41, 5.74) is 0.981. The van der Waals surface area contributed by atoms with Gasteiger partial charge in [0.1, 0.15) is 5.82 Å². The Bertz CT molecular complexity index is 344. The summed E-state index contributed by atoms with van der Waals surface area (Å²) in [6.07, 6.45) is 1.15. The van der Waals surface area contributed by atoms with Crippen LogP contribution in [0, 0.1) is 12.8 Å². The normalized spacial score (nSPS) is 11.1. The molecule has 1 rings (SSSR count). The lowest BCUT2D eigenvalue weighted by Gasteiger charge is -2.12. The highest BCUT2D eigenvalue weighted by molar-refractivity contribution is 5.42. The summed E-state index contributed by atoms with van der Waals surface area (Å²) in [6, 6.07) is 1.98. The molecule has 0 saturated carbocycles. The second-order valence-electron chi connectivity index (χ2n) is 5.56. The maximum Gasteiger partial charge on any atom is 0.224 e. The van der Waals surface area contributed by atoms with Gasteiger partial charge in [-0.15, -0.1) is 0 Å². The van der Waals surface area contributed by atoms with Crippen molar-refractivity contribution in [3.63, 3.8) is 0 Å². The van der Waals surface area contributed by atoms with Crippen molar-refractivity contribution in [2.45, 2.75) is 27.2 Å². The Morgan fingerprint density at radius 3 is 2.53 bits per heavy atom. The standard InChI is InChI=1S/C14H27N5/c1-11(2)6-7-15-13-10-12(3)17-14(18-13)16-8-9-19(4)5/h10-11H,6-9H2,1-5H3,(H2,15,16,17,18).